The van der Waals surface area contributed by atoms with Crippen molar-refractivity contribution in [1.29, 1.82) is 0 Å². The number of nitrogens with zero attached hydrogens (tertiary/aromatic N) is 1. The predicted octanol–water partition coefficient (Wildman–Crippen LogP) is 2.48. The minimum absolute atomic E-state index is 0.197. The Bertz CT molecular complexity index is 392. The Morgan fingerprint density at radius 2 is 1.95 bits per heavy atom. The summed E-state index contributed by atoms with van der Waals surface area (Å²) >= 11 is 1.60. The zero-order chi connectivity index (χ0) is 14.8. The number of hydrogen-bond acceptors (Lipinski definition) is 5. The molecule has 0 unspecified atom stereocenters. The second kappa shape index (κ2) is 10.0. The first-order valence-electron chi connectivity index (χ1n) is 7.03. The molecule has 1 heterocycles. The summed E-state index contributed by atoms with van der Waals surface area (Å²) in [5.74, 6) is 0.197. The molecule has 4 nitrogen and oxygen atoms in total. The molecule has 0 saturated carbocycles. The molecule has 0 bridgehead atoms. The van der Waals surface area contributed by atoms with Crippen LogP contribution >= 0.6 is 11.3 Å². The van der Waals surface area contributed by atoms with Gasteiger partial charge in [0.05, 0.1) is 18.0 Å². The van der Waals surface area contributed by atoms with Gasteiger partial charge < -0.3 is 9.47 Å². The van der Waals surface area contributed by atoms with Gasteiger partial charge in [-0.15, -0.1) is 11.3 Å². The zero-order valence-electron chi connectivity index (χ0n) is 12.7. The summed E-state index contributed by atoms with van der Waals surface area (Å²) in [6, 6.07) is 3.98. The Labute approximate surface area is 125 Å². The number of rotatable bonds is 11. The monoisotopic (exact) mass is 299 g/mol. The van der Waals surface area contributed by atoms with Gasteiger partial charge >= 0.3 is 0 Å². The van der Waals surface area contributed by atoms with Crippen LogP contribution in [0.2, 0.25) is 0 Å². The highest BCUT2D eigenvalue weighted by Gasteiger charge is 2.14. The third-order valence-electron chi connectivity index (χ3n) is 3.09. The molecule has 0 aliphatic rings. The SMILES string of the molecule is CCc1ccc(C(=O)CN(CCCOC)CCOC)s1. The minimum atomic E-state index is 0.197. The second-order valence-electron chi connectivity index (χ2n) is 4.66. The smallest absolute Gasteiger partial charge is 0.186 e. The van der Waals surface area contributed by atoms with Gasteiger partial charge in [-0.25, -0.2) is 0 Å². The van der Waals surface area contributed by atoms with Crippen molar-refractivity contribution in [2.45, 2.75) is 19.8 Å². The normalized spacial score (nSPS) is 11.2. The molecular formula is C15H25NO3S. The van der Waals surface area contributed by atoms with Gasteiger partial charge in [0.25, 0.3) is 0 Å². The van der Waals surface area contributed by atoms with E-state index < -0.39 is 0 Å². The van der Waals surface area contributed by atoms with Crippen molar-refractivity contribution in [3.8, 4) is 0 Å². The zero-order valence-corrected chi connectivity index (χ0v) is 13.5. The lowest BCUT2D eigenvalue weighted by Gasteiger charge is -2.20. The van der Waals surface area contributed by atoms with Crippen molar-refractivity contribution >= 4 is 17.1 Å². The molecule has 0 spiro atoms. The quantitative estimate of drug-likeness (QED) is 0.465. The molecule has 114 valence electrons. The molecule has 0 atom stereocenters. The number of carbonyl (C=O) groups is 1. The van der Waals surface area contributed by atoms with E-state index >= 15 is 0 Å². The van der Waals surface area contributed by atoms with Gasteiger partial charge in [0.2, 0.25) is 0 Å². The van der Waals surface area contributed by atoms with Gasteiger partial charge in [-0.05, 0) is 25.0 Å². The standard InChI is InChI=1S/C15H25NO3S/c1-4-13-6-7-15(20-13)14(17)12-16(9-11-19-3)8-5-10-18-2/h6-7H,4-5,8-12H2,1-3H3. The Morgan fingerprint density at radius 3 is 2.55 bits per heavy atom. The van der Waals surface area contributed by atoms with E-state index in [1.807, 2.05) is 12.1 Å². The molecule has 0 amide bonds. The Balaban J connectivity index is 2.50. The van der Waals surface area contributed by atoms with Crippen LogP contribution in [0.5, 0.6) is 0 Å². The van der Waals surface area contributed by atoms with Crippen molar-refractivity contribution in [3.05, 3.63) is 21.9 Å². The van der Waals surface area contributed by atoms with E-state index in [0.717, 1.165) is 37.4 Å². The van der Waals surface area contributed by atoms with Crippen molar-refractivity contribution < 1.29 is 14.3 Å². The third-order valence-corrected chi connectivity index (χ3v) is 4.36. The van der Waals surface area contributed by atoms with Crippen molar-refractivity contribution in [2.24, 2.45) is 0 Å². The Hall–Kier alpha value is -0.750. The van der Waals surface area contributed by atoms with Gasteiger partial charge in [0.1, 0.15) is 0 Å². The lowest BCUT2D eigenvalue weighted by molar-refractivity contribution is 0.0881. The highest BCUT2D eigenvalue weighted by atomic mass is 32.1. The van der Waals surface area contributed by atoms with Crippen LogP contribution in [0.3, 0.4) is 0 Å². The maximum Gasteiger partial charge on any atom is 0.186 e. The average molecular weight is 299 g/mol. The fourth-order valence-electron chi connectivity index (χ4n) is 1.92. The third kappa shape index (κ3) is 6.13. The Morgan fingerprint density at radius 1 is 1.20 bits per heavy atom. The van der Waals surface area contributed by atoms with E-state index in [1.54, 1.807) is 25.6 Å². The fourth-order valence-corrected chi connectivity index (χ4v) is 2.80. The van der Waals surface area contributed by atoms with Gasteiger partial charge in [0, 0.05) is 38.8 Å². The highest BCUT2D eigenvalue weighted by molar-refractivity contribution is 7.14. The van der Waals surface area contributed by atoms with Gasteiger partial charge in [-0.2, -0.15) is 0 Å². The molecular weight excluding hydrogens is 274 g/mol. The van der Waals surface area contributed by atoms with Crippen molar-refractivity contribution in [1.82, 2.24) is 4.90 Å². The van der Waals surface area contributed by atoms with Crippen LogP contribution in [0.1, 0.15) is 27.9 Å². The van der Waals surface area contributed by atoms with Crippen LogP contribution in [0.25, 0.3) is 0 Å². The van der Waals surface area contributed by atoms with E-state index in [0.29, 0.717) is 13.2 Å². The predicted molar refractivity (Wildman–Crippen MR) is 82.8 cm³/mol. The second-order valence-corrected chi connectivity index (χ2v) is 5.83. The highest BCUT2D eigenvalue weighted by Crippen LogP contribution is 2.17. The number of methoxy groups -OCH3 is 2. The van der Waals surface area contributed by atoms with E-state index in [4.69, 9.17) is 9.47 Å². The summed E-state index contributed by atoms with van der Waals surface area (Å²) in [5, 5.41) is 0. The van der Waals surface area contributed by atoms with Crippen LogP contribution in [0, 0.1) is 0 Å². The number of ether oxygens (including phenoxy) is 2. The molecule has 0 N–H and O–H groups in total. The molecule has 0 fully saturated rings. The molecule has 0 saturated heterocycles. The number of thiophene rings is 1. The summed E-state index contributed by atoms with van der Waals surface area (Å²) in [5.41, 5.74) is 0. The van der Waals surface area contributed by atoms with Gasteiger partial charge in [-0.3, -0.25) is 9.69 Å². The number of ketones is 1. The van der Waals surface area contributed by atoms with Crippen molar-refractivity contribution in [2.75, 3.05) is 47.1 Å². The summed E-state index contributed by atoms with van der Waals surface area (Å²) < 4.78 is 10.2. The number of hydrogen-bond donors (Lipinski definition) is 0. The van der Waals surface area contributed by atoms with Crippen LogP contribution in [0.15, 0.2) is 12.1 Å². The van der Waals surface area contributed by atoms with E-state index in [9.17, 15) is 4.79 Å². The minimum Gasteiger partial charge on any atom is -0.385 e. The van der Waals surface area contributed by atoms with Gasteiger partial charge in [-0.1, -0.05) is 6.92 Å². The van der Waals surface area contributed by atoms with E-state index in [2.05, 4.69) is 11.8 Å². The Kier molecular flexibility index (Phi) is 8.69. The van der Waals surface area contributed by atoms with Crippen LogP contribution in [0.4, 0.5) is 0 Å². The summed E-state index contributed by atoms with van der Waals surface area (Å²) in [6.45, 7) is 5.56. The topological polar surface area (TPSA) is 38.8 Å². The molecule has 0 aromatic carbocycles. The lowest BCUT2D eigenvalue weighted by Crippen LogP contribution is -2.34. The molecule has 5 heteroatoms. The molecule has 1 aromatic rings. The average Bonchev–Trinajstić information content (AvgIpc) is 2.93. The van der Waals surface area contributed by atoms with E-state index in [1.165, 1.54) is 4.88 Å². The van der Waals surface area contributed by atoms with Gasteiger partial charge in [0.15, 0.2) is 5.78 Å². The first kappa shape index (κ1) is 17.3. The largest absolute Gasteiger partial charge is 0.385 e. The number of carbonyl (C=O) groups excluding carboxylic acids is 1. The molecule has 0 aliphatic carbocycles. The maximum atomic E-state index is 12.3. The summed E-state index contributed by atoms with van der Waals surface area (Å²) in [7, 11) is 3.38. The van der Waals surface area contributed by atoms with Crippen LogP contribution in [-0.2, 0) is 15.9 Å². The summed E-state index contributed by atoms with van der Waals surface area (Å²) in [4.78, 5) is 16.5. The number of Topliss-reactive ketones (excluding diaryl/α,β-unsaturated/α-hetero) is 1. The maximum absolute atomic E-state index is 12.3. The summed E-state index contributed by atoms with van der Waals surface area (Å²) in [6.07, 6.45) is 1.91. The molecule has 1 aromatic heterocycles. The molecule has 0 aliphatic heterocycles. The van der Waals surface area contributed by atoms with Crippen molar-refractivity contribution in [3.63, 3.8) is 0 Å². The van der Waals surface area contributed by atoms with Crippen LogP contribution < -0.4 is 0 Å². The number of aryl methyl sites for hydroxylation is 1. The molecule has 20 heavy (non-hydrogen) atoms. The first-order chi connectivity index (χ1) is 9.71. The first-order valence-corrected chi connectivity index (χ1v) is 7.85. The fraction of sp³-hybridized carbons (Fsp3) is 0.667. The van der Waals surface area contributed by atoms with E-state index in [-0.39, 0.29) is 5.78 Å². The lowest BCUT2D eigenvalue weighted by atomic mass is 10.2. The molecule has 1 rings (SSSR count). The molecule has 0 radical (unpaired) electrons. The van der Waals surface area contributed by atoms with Crippen LogP contribution in [-0.4, -0.2) is 57.8 Å².